The molecule has 0 radical (unpaired) electrons. The largest absolute Gasteiger partial charge is 0.444 e. The van der Waals surface area contributed by atoms with Crippen LogP contribution in [0.2, 0.25) is 0 Å². The molecule has 12 heteroatoms. The molecule has 4 heterocycles. The number of anilines is 5. The van der Waals surface area contributed by atoms with Crippen molar-refractivity contribution in [3.05, 3.63) is 60.0 Å². The lowest BCUT2D eigenvalue weighted by Crippen LogP contribution is -2.50. The van der Waals surface area contributed by atoms with E-state index in [-0.39, 0.29) is 17.5 Å². The number of ether oxygens (including phenoxy) is 1. The predicted molar refractivity (Wildman–Crippen MR) is 166 cm³/mol. The van der Waals surface area contributed by atoms with Crippen LogP contribution in [0.3, 0.4) is 0 Å². The number of amides is 1. The van der Waals surface area contributed by atoms with E-state index < -0.39 is 11.2 Å². The third-order valence-electron chi connectivity index (χ3n) is 7.08. The number of nitrogens with zero attached hydrogens (tertiary/aromatic N) is 6. The lowest BCUT2D eigenvalue weighted by Gasteiger charge is -2.37. The Hall–Kier alpha value is -4.71. The van der Waals surface area contributed by atoms with Gasteiger partial charge in [-0.15, -0.1) is 0 Å². The third-order valence-corrected chi connectivity index (χ3v) is 7.08. The zero-order valence-corrected chi connectivity index (χ0v) is 25.4. The van der Waals surface area contributed by atoms with Gasteiger partial charge < -0.3 is 34.8 Å². The molecule has 1 aliphatic heterocycles. The topological polar surface area (TPSA) is 138 Å². The number of piperazine rings is 1. The first-order valence-corrected chi connectivity index (χ1v) is 14.2. The van der Waals surface area contributed by atoms with Gasteiger partial charge >= 0.3 is 6.09 Å². The van der Waals surface area contributed by atoms with Crippen LogP contribution in [0.4, 0.5) is 33.8 Å². The minimum Gasteiger partial charge on any atom is -0.444 e. The molecule has 3 N–H and O–H groups in total. The van der Waals surface area contributed by atoms with Gasteiger partial charge in [0.15, 0.2) is 6.29 Å². The van der Waals surface area contributed by atoms with Crippen molar-refractivity contribution in [1.82, 2.24) is 24.4 Å². The number of aromatic nitrogens is 4. The molecule has 226 valence electrons. The Bertz CT molecular complexity index is 1650. The summed E-state index contributed by atoms with van der Waals surface area (Å²) in [5.74, 6) is 1.01. The molecule has 0 spiro atoms. The van der Waals surface area contributed by atoms with Crippen LogP contribution in [0.15, 0.2) is 48.8 Å². The molecule has 1 saturated heterocycles. The fourth-order valence-corrected chi connectivity index (χ4v) is 4.88. The zero-order valence-electron chi connectivity index (χ0n) is 25.4. The van der Waals surface area contributed by atoms with Gasteiger partial charge in [-0.1, -0.05) is 6.07 Å². The van der Waals surface area contributed by atoms with Crippen LogP contribution in [-0.4, -0.2) is 73.7 Å². The third kappa shape index (κ3) is 6.86. The Morgan fingerprint density at radius 3 is 2.44 bits per heavy atom. The number of pyridine rings is 1. The van der Waals surface area contributed by atoms with E-state index in [0.29, 0.717) is 49.9 Å². The highest BCUT2D eigenvalue weighted by molar-refractivity contribution is 5.96. The summed E-state index contributed by atoms with van der Waals surface area (Å²) in [4.78, 5) is 41.8. The van der Waals surface area contributed by atoms with Crippen molar-refractivity contribution in [1.29, 1.82) is 0 Å². The van der Waals surface area contributed by atoms with Crippen molar-refractivity contribution in [2.75, 3.05) is 41.7 Å². The minimum absolute atomic E-state index is 0.266. The first kappa shape index (κ1) is 29.8. The van der Waals surface area contributed by atoms with Gasteiger partial charge in [-0.05, 0) is 65.0 Å². The first-order valence-electron chi connectivity index (χ1n) is 14.2. The van der Waals surface area contributed by atoms with Gasteiger partial charge in [0.25, 0.3) is 0 Å². The van der Waals surface area contributed by atoms with E-state index in [2.05, 4.69) is 36.6 Å². The molecule has 1 fully saturated rings. The molecule has 4 aromatic rings. The van der Waals surface area contributed by atoms with Crippen molar-refractivity contribution in [2.24, 2.45) is 7.05 Å². The number of carbonyl (C=O) groups excluding carboxylic acids is 2. The lowest BCUT2D eigenvalue weighted by atomic mass is 10.1. The molecule has 12 nitrogen and oxygen atoms in total. The van der Waals surface area contributed by atoms with Gasteiger partial charge in [-0.25, -0.2) is 14.8 Å². The van der Waals surface area contributed by atoms with Crippen molar-refractivity contribution in [3.63, 3.8) is 0 Å². The first-order chi connectivity index (χ1) is 20.3. The quantitative estimate of drug-likeness (QED) is 0.255. The molecule has 0 unspecified atom stereocenters. The summed E-state index contributed by atoms with van der Waals surface area (Å²) in [5, 5.41) is 17.8. The van der Waals surface area contributed by atoms with Crippen molar-refractivity contribution < 1.29 is 19.4 Å². The fourth-order valence-electron chi connectivity index (χ4n) is 4.88. The second-order valence-corrected chi connectivity index (χ2v) is 12.1. The van der Waals surface area contributed by atoms with Gasteiger partial charge in [0, 0.05) is 62.4 Å². The van der Waals surface area contributed by atoms with E-state index in [9.17, 15) is 14.7 Å². The van der Waals surface area contributed by atoms with E-state index in [1.165, 1.54) is 6.20 Å². The SMILES string of the molecule is Cn1ccc2c(N3CCN(C(=O)OC(C)(C)C)CC3)cc(Nc3ncc(C=O)c(Nc4cccc(C(C)(C)O)n4)n3)cc21. The Morgan fingerprint density at radius 2 is 1.77 bits per heavy atom. The summed E-state index contributed by atoms with van der Waals surface area (Å²) >= 11 is 0. The molecule has 0 saturated carbocycles. The molecular weight excluding hydrogens is 548 g/mol. The number of hydrogen-bond acceptors (Lipinski definition) is 10. The van der Waals surface area contributed by atoms with E-state index >= 15 is 0 Å². The molecule has 1 amide bonds. The number of rotatable bonds is 7. The predicted octanol–water partition coefficient (Wildman–Crippen LogP) is 4.95. The van der Waals surface area contributed by atoms with Gasteiger partial charge in [-0.2, -0.15) is 4.98 Å². The van der Waals surface area contributed by atoms with Crippen molar-refractivity contribution in [3.8, 4) is 0 Å². The Balaban J connectivity index is 1.39. The second-order valence-electron chi connectivity index (χ2n) is 12.1. The highest BCUT2D eigenvalue weighted by Gasteiger charge is 2.27. The van der Waals surface area contributed by atoms with Crippen LogP contribution in [0.5, 0.6) is 0 Å². The summed E-state index contributed by atoms with van der Waals surface area (Å²) in [7, 11) is 1.99. The van der Waals surface area contributed by atoms with E-state index in [1.54, 1.807) is 36.9 Å². The van der Waals surface area contributed by atoms with Crippen LogP contribution < -0.4 is 15.5 Å². The summed E-state index contributed by atoms with van der Waals surface area (Å²) in [5.41, 5.74) is 1.90. The summed E-state index contributed by atoms with van der Waals surface area (Å²) in [6, 6.07) is 11.4. The molecule has 0 atom stereocenters. The number of carbonyl (C=O) groups is 2. The lowest BCUT2D eigenvalue weighted by molar-refractivity contribution is 0.0240. The Morgan fingerprint density at radius 1 is 1.02 bits per heavy atom. The zero-order chi connectivity index (χ0) is 30.9. The Kier molecular flexibility index (Phi) is 7.98. The number of aliphatic hydroxyl groups is 1. The molecule has 5 rings (SSSR count). The molecule has 1 aromatic carbocycles. The molecule has 3 aromatic heterocycles. The molecule has 43 heavy (non-hydrogen) atoms. The van der Waals surface area contributed by atoms with Gasteiger partial charge in [0.2, 0.25) is 5.95 Å². The monoisotopic (exact) mass is 586 g/mol. The van der Waals surface area contributed by atoms with Crippen LogP contribution in [0, 0.1) is 0 Å². The molecule has 0 aliphatic carbocycles. The summed E-state index contributed by atoms with van der Waals surface area (Å²) in [6.45, 7) is 11.3. The van der Waals surface area contributed by atoms with Gasteiger partial charge in [-0.3, -0.25) is 4.79 Å². The van der Waals surface area contributed by atoms with Gasteiger partial charge in [0.1, 0.15) is 22.8 Å². The maximum Gasteiger partial charge on any atom is 0.410 e. The number of fused-ring (bicyclic) bond motifs is 1. The van der Waals surface area contributed by atoms with Crippen LogP contribution >= 0.6 is 0 Å². The highest BCUT2D eigenvalue weighted by atomic mass is 16.6. The minimum atomic E-state index is -1.13. The molecular formula is C31H38N8O4. The molecule has 0 bridgehead atoms. The van der Waals surface area contributed by atoms with Crippen LogP contribution in [0.25, 0.3) is 10.9 Å². The number of aldehydes is 1. The number of aryl methyl sites for hydroxylation is 1. The Labute approximate surface area is 250 Å². The number of hydrogen-bond donors (Lipinski definition) is 3. The standard InChI is InChI=1S/C31H38N8O4/c1-30(2,3)43-29(41)39-14-12-38(13-15-39)24-17-21(16-23-22(24)10-11-37(23)6)33-28-32-18-20(19-40)27(36-28)35-26-9-7-8-25(34-26)31(4,5)42/h7-11,16-19,42H,12-15H2,1-6H3,(H2,32,33,34,35,36). The van der Waals surface area contributed by atoms with Gasteiger partial charge in [0.05, 0.1) is 16.8 Å². The number of nitrogens with one attached hydrogen (secondary N) is 2. The number of benzene rings is 1. The van der Waals surface area contributed by atoms with Crippen molar-refractivity contribution in [2.45, 2.75) is 45.8 Å². The summed E-state index contributed by atoms with van der Waals surface area (Å²) in [6.07, 6.45) is 3.84. The second kappa shape index (κ2) is 11.5. The van der Waals surface area contributed by atoms with Crippen LogP contribution in [0.1, 0.15) is 50.7 Å². The van der Waals surface area contributed by atoms with E-state index in [4.69, 9.17) is 4.74 Å². The van der Waals surface area contributed by atoms with Crippen molar-refractivity contribution >= 4 is 52.2 Å². The fraction of sp³-hybridized carbons (Fsp3) is 0.387. The average molecular weight is 587 g/mol. The molecule has 1 aliphatic rings. The van der Waals surface area contributed by atoms with E-state index in [0.717, 1.165) is 22.3 Å². The summed E-state index contributed by atoms with van der Waals surface area (Å²) < 4.78 is 7.61. The van der Waals surface area contributed by atoms with E-state index in [1.807, 2.05) is 50.7 Å². The van der Waals surface area contributed by atoms with Crippen LogP contribution in [-0.2, 0) is 17.4 Å². The normalized spacial score (nSPS) is 14.1. The smallest absolute Gasteiger partial charge is 0.410 e. The highest BCUT2D eigenvalue weighted by Crippen LogP contribution is 2.33. The maximum absolute atomic E-state index is 12.6. The maximum atomic E-state index is 12.6. The average Bonchev–Trinajstić information content (AvgIpc) is 3.32.